The zero-order valence-corrected chi connectivity index (χ0v) is 13.2. The molecule has 0 aromatic heterocycles. The van der Waals surface area contributed by atoms with Crippen molar-refractivity contribution in [2.24, 2.45) is 11.7 Å². The highest BCUT2D eigenvalue weighted by Crippen LogP contribution is 2.38. The number of nitrogens with zero attached hydrogens (tertiary/aromatic N) is 2. The van der Waals surface area contributed by atoms with Gasteiger partial charge in [0.25, 0.3) is 0 Å². The summed E-state index contributed by atoms with van der Waals surface area (Å²) in [6, 6.07) is 0.941. The van der Waals surface area contributed by atoms with Crippen LogP contribution < -0.4 is 5.73 Å². The molecule has 116 valence electrons. The summed E-state index contributed by atoms with van der Waals surface area (Å²) in [6.45, 7) is 7.45. The van der Waals surface area contributed by atoms with Crippen LogP contribution in [-0.4, -0.2) is 54.0 Å². The molecule has 4 nitrogen and oxygen atoms in total. The second-order valence-electron chi connectivity index (χ2n) is 6.30. The van der Waals surface area contributed by atoms with Crippen LogP contribution in [0.25, 0.3) is 0 Å². The SMILES string of the molecule is CCN(CC)C(=O)CC(CN)N1CCCC2CCCC21. The fourth-order valence-electron chi connectivity index (χ4n) is 4.19. The minimum Gasteiger partial charge on any atom is -0.343 e. The molecule has 2 fully saturated rings. The van der Waals surface area contributed by atoms with E-state index in [0.29, 0.717) is 19.0 Å². The molecule has 1 aliphatic heterocycles. The van der Waals surface area contributed by atoms with Gasteiger partial charge >= 0.3 is 0 Å². The van der Waals surface area contributed by atoms with Crippen LogP contribution in [0.4, 0.5) is 0 Å². The van der Waals surface area contributed by atoms with Crippen LogP contribution in [-0.2, 0) is 4.79 Å². The Hall–Kier alpha value is -0.610. The number of likely N-dealkylation sites (tertiary alicyclic amines) is 1. The van der Waals surface area contributed by atoms with Crippen LogP contribution in [0.15, 0.2) is 0 Å². The molecule has 2 rings (SSSR count). The van der Waals surface area contributed by atoms with Crippen molar-refractivity contribution in [2.75, 3.05) is 26.2 Å². The summed E-state index contributed by atoms with van der Waals surface area (Å²) in [6.07, 6.45) is 7.29. The molecule has 0 bridgehead atoms. The van der Waals surface area contributed by atoms with Crippen molar-refractivity contribution in [3.8, 4) is 0 Å². The fraction of sp³-hybridized carbons (Fsp3) is 0.938. The Kier molecular flexibility index (Phi) is 5.85. The molecular weight excluding hydrogens is 250 g/mol. The predicted octanol–water partition coefficient (Wildman–Crippen LogP) is 1.84. The third-order valence-electron chi connectivity index (χ3n) is 5.30. The maximum absolute atomic E-state index is 12.4. The Labute approximate surface area is 123 Å². The second-order valence-corrected chi connectivity index (χ2v) is 6.30. The van der Waals surface area contributed by atoms with E-state index in [0.717, 1.165) is 25.6 Å². The lowest BCUT2D eigenvalue weighted by Crippen LogP contribution is -2.52. The van der Waals surface area contributed by atoms with Crippen LogP contribution in [0, 0.1) is 5.92 Å². The first-order valence-electron chi connectivity index (χ1n) is 8.44. The molecule has 0 spiro atoms. The maximum Gasteiger partial charge on any atom is 0.224 e. The minimum absolute atomic E-state index is 0.244. The second kappa shape index (κ2) is 7.41. The molecule has 1 heterocycles. The van der Waals surface area contributed by atoms with E-state index in [-0.39, 0.29) is 11.9 Å². The van der Waals surface area contributed by atoms with Crippen LogP contribution in [0.2, 0.25) is 0 Å². The Morgan fingerprint density at radius 3 is 2.60 bits per heavy atom. The van der Waals surface area contributed by atoms with Gasteiger partial charge in [0.1, 0.15) is 0 Å². The Balaban J connectivity index is 1.98. The number of nitrogens with two attached hydrogens (primary N) is 1. The van der Waals surface area contributed by atoms with Crippen molar-refractivity contribution in [3.05, 3.63) is 0 Å². The third-order valence-corrected chi connectivity index (χ3v) is 5.30. The summed E-state index contributed by atoms with van der Waals surface area (Å²) in [5.41, 5.74) is 6.01. The van der Waals surface area contributed by atoms with Gasteiger partial charge in [0.15, 0.2) is 0 Å². The lowest BCUT2D eigenvalue weighted by molar-refractivity contribution is -0.132. The van der Waals surface area contributed by atoms with E-state index in [2.05, 4.69) is 4.90 Å². The summed E-state index contributed by atoms with van der Waals surface area (Å²) >= 11 is 0. The van der Waals surface area contributed by atoms with Crippen molar-refractivity contribution in [1.82, 2.24) is 9.80 Å². The lowest BCUT2D eigenvalue weighted by atomic mass is 9.90. The number of carbonyl (C=O) groups is 1. The highest BCUT2D eigenvalue weighted by atomic mass is 16.2. The summed E-state index contributed by atoms with van der Waals surface area (Å²) in [7, 11) is 0. The quantitative estimate of drug-likeness (QED) is 0.808. The van der Waals surface area contributed by atoms with Gasteiger partial charge in [-0.3, -0.25) is 9.69 Å². The van der Waals surface area contributed by atoms with Crippen molar-refractivity contribution in [1.29, 1.82) is 0 Å². The molecule has 0 aromatic carbocycles. The monoisotopic (exact) mass is 281 g/mol. The van der Waals surface area contributed by atoms with E-state index in [1.165, 1.54) is 32.1 Å². The van der Waals surface area contributed by atoms with E-state index >= 15 is 0 Å². The molecule has 1 saturated carbocycles. The molecule has 1 saturated heterocycles. The number of hydrogen-bond acceptors (Lipinski definition) is 3. The van der Waals surface area contributed by atoms with Crippen molar-refractivity contribution in [3.63, 3.8) is 0 Å². The van der Waals surface area contributed by atoms with Gasteiger partial charge in [0, 0.05) is 38.1 Å². The average Bonchev–Trinajstić information content (AvgIpc) is 2.94. The Morgan fingerprint density at radius 1 is 1.25 bits per heavy atom. The zero-order chi connectivity index (χ0) is 14.5. The number of rotatable bonds is 6. The van der Waals surface area contributed by atoms with Gasteiger partial charge in [-0.15, -0.1) is 0 Å². The van der Waals surface area contributed by atoms with Gasteiger partial charge in [-0.25, -0.2) is 0 Å². The highest BCUT2D eigenvalue weighted by Gasteiger charge is 2.38. The molecule has 1 amide bonds. The van der Waals surface area contributed by atoms with Crippen LogP contribution in [0.3, 0.4) is 0 Å². The molecule has 3 unspecified atom stereocenters. The zero-order valence-electron chi connectivity index (χ0n) is 13.2. The van der Waals surface area contributed by atoms with Crippen LogP contribution >= 0.6 is 0 Å². The number of piperidine rings is 1. The van der Waals surface area contributed by atoms with Gasteiger partial charge in [-0.05, 0) is 52.0 Å². The van der Waals surface area contributed by atoms with E-state index < -0.39 is 0 Å². The summed E-state index contributed by atoms with van der Waals surface area (Å²) < 4.78 is 0. The summed E-state index contributed by atoms with van der Waals surface area (Å²) in [5.74, 6) is 1.13. The molecule has 4 heteroatoms. The van der Waals surface area contributed by atoms with Crippen molar-refractivity contribution < 1.29 is 4.79 Å². The van der Waals surface area contributed by atoms with Gasteiger partial charge in [-0.1, -0.05) is 6.42 Å². The number of fused-ring (bicyclic) bond motifs is 1. The third kappa shape index (κ3) is 3.34. The fourth-order valence-corrected chi connectivity index (χ4v) is 4.19. The first-order valence-corrected chi connectivity index (χ1v) is 8.44. The molecule has 2 aliphatic rings. The molecule has 0 aromatic rings. The van der Waals surface area contributed by atoms with E-state index in [4.69, 9.17) is 5.73 Å². The number of amides is 1. The summed E-state index contributed by atoms with van der Waals surface area (Å²) in [5, 5.41) is 0. The van der Waals surface area contributed by atoms with Gasteiger partial charge in [0.2, 0.25) is 5.91 Å². The van der Waals surface area contributed by atoms with Gasteiger partial charge in [-0.2, -0.15) is 0 Å². The first kappa shape index (κ1) is 15.8. The standard InChI is InChI=1S/C16H31N3O/c1-3-18(4-2)16(20)11-14(12-17)19-10-6-8-13-7-5-9-15(13)19/h13-15H,3-12,17H2,1-2H3. The smallest absolute Gasteiger partial charge is 0.224 e. The Bertz CT molecular complexity index is 317. The molecule has 3 atom stereocenters. The normalized spacial score (nSPS) is 28.1. The number of carbonyl (C=O) groups excluding carboxylic acids is 1. The molecule has 1 aliphatic carbocycles. The van der Waals surface area contributed by atoms with E-state index in [1.54, 1.807) is 0 Å². The van der Waals surface area contributed by atoms with E-state index in [1.807, 2.05) is 18.7 Å². The van der Waals surface area contributed by atoms with Crippen molar-refractivity contribution >= 4 is 5.91 Å². The maximum atomic E-state index is 12.4. The molecule has 2 N–H and O–H groups in total. The molecule has 20 heavy (non-hydrogen) atoms. The number of hydrogen-bond donors (Lipinski definition) is 1. The average molecular weight is 281 g/mol. The lowest BCUT2D eigenvalue weighted by Gasteiger charge is -2.42. The highest BCUT2D eigenvalue weighted by molar-refractivity contribution is 5.76. The Morgan fingerprint density at radius 2 is 1.95 bits per heavy atom. The topological polar surface area (TPSA) is 49.6 Å². The van der Waals surface area contributed by atoms with Crippen molar-refractivity contribution in [2.45, 2.75) is 64.5 Å². The minimum atomic E-state index is 0.244. The van der Waals surface area contributed by atoms with E-state index in [9.17, 15) is 4.79 Å². The summed E-state index contributed by atoms with van der Waals surface area (Å²) in [4.78, 5) is 16.9. The van der Waals surface area contributed by atoms with Gasteiger partial charge in [0.05, 0.1) is 0 Å². The molecular formula is C16H31N3O. The van der Waals surface area contributed by atoms with Crippen LogP contribution in [0.1, 0.15) is 52.4 Å². The molecule has 0 radical (unpaired) electrons. The largest absolute Gasteiger partial charge is 0.343 e. The van der Waals surface area contributed by atoms with Gasteiger partial charge < -0.3 is 10.6 Å². The predicted molar refractivity (Wildman–Crippen MR) is 82.5 cm³/mol. The first-order chi connectivity index (χ1) is 9.71. The van der Waals surface area contributed by atoms with Crippen LogP contribution in [0.5, 0.6) is 0 Å².